The van der Waals surface area contributed by atoms with Crippen molar-refractivity contribution in [3.8, 4) is 5.75 Å². The van der Waals surface area contributed by atoms with Gasteiger partial charge < -0.3 is 9.64 Å². The van der Waals surface area contributed by atoms with Crippen molar-refractivity contribution in [2.75, 3.05) is 14.1 Å². The van der Waals surface area contributed by atoms with Crippen LogP contribution in [0.1, 0.15) is 17.3 Å². The zero-order valence-corrected chi connectivity index (χ0v) is 10.8. The molecule has 0 heterocycles. The molecule has 1 amide bonds. The molecule has 0 saturated carbocycles. The second-order valence-electron chi connectivity index (χ2n) is 4.09. The van der Waals surface area contributed by atoms with Crippen LogP contribution in [0.25, 0.3) is 0 Å². The van der Waals surface area contributed by atoms with Gasteiger partial charge in [-0.3, -0.25) is 19.7 Å². The van der Waals surface area contributed by atoms with Crippen LogP contribution >= 0.6 is 0 Å². The first-order chi connectivity index (χ1) is 8.86. The molecule has 0 aliphatic heterocycles. The molecule has 102 valence electrons. The summed E-state index contributed by atoms with van der Waals surface area (Å²) >= 11 is 0. The van der Waals surface area contributed by atoms with Gasteiger partial charge in [0.05, 0.1) is 10.5 Å². The predicted molar refractivity (Wildman–Crippen MR) is 67.3 cm³/mol. The number of carbonyl (C=O) groups is 2. The van der Waals surface area contributed by atoms with Gasteiger partial charge in [0, 0.05) is 26.2 Å². The van der Waals surface area contributed by atoms with E-state index in [1.165, 1.54) is 17.0 Å². The fourth-order valence-corrected chi connectivity index (χ4v) is 1.45. The largest absolute Gasteiger partial charge is 0.480 e. The molecule has 0 radical (unpaired) electrons. The number of rotatable bonds is 5. The van der Waals surface area contributed by atoms with Crippen molar-refractivity contribution in [1.82, 2.24) is 4.90 Å². The Morgan fingerprint density at radius 3 is 2.58 bits per heavy atom. The van der Waals surface area contributed by atoms with Gasteiger partial charge >= 0.3 is 0 Å². The summed E-state index contributed by atoms with van der Waals surface area (Å²) in [4.78, 5) is 33.9. The summed E-state index contributed by atoms with van der Waals surface area (Å²) in [6, 6.07) is 3.63. The van der Waals surface area contributed by atoms with E-state index in [1.807, 2.05) is 0 Å². The lowest BCUT2D eigenvalue weighted by atomic mass is 10.2. The third-order valence-corrected chi connectivity index (χ3v) is 2.42. The average Bonchev–Trinajstić information content (AvgIpc) is 2.37. The van der Waals surface area contributed by atoms with Gasteiger partial charge in [0.1, 0.15) is 5.75 Å². The van der Waals surface area contributed by atoms with E-state index in [0.29, 0.717) is 6.29 Å². The van der Waals surface area contributed by atoms with E-state index >= 15 is 0 Å². The highest BCUT2D eigenvalue weighted by Crippen LogP contribution is 2.23. The second-order valence-corrected chi connectivity index (χ2v) is 4.09. The van der Waals surface area contributed by atoms with Gasteiger partial charge in [-0.15, -0.1) is 0 Å². The van der Waals surface area contributed by atoms with Crippen molar-refractivity contribution in [2.45, 2.75) is 13.0 Å². The highest BCUT2D eigenvalue weighted by atomic mass is 16.6. The van der Waals surface area contributed by atoms with Crippen LogP contribution in [0, 0.1) is 10.1 Å². The van der Waals surface area contributed by atoms with Crippen molar-refractivity contribution in [1.29, 1.82) is 0 Å². The van der Waals surface area contributed by atoms with Crippen molar-refractivity contribution in [2.24, 2.45) is 0 Å². The highest BCUT2D eigenvalue weighted by molar-refractivity contribution is 5.83. The summed E-state index contributed by atoms with van der Waals surface area (Å²) in [7, 11) is 3.16. The predicted octanol–water partition coefficient (Wildman–Crippen LogP) is 1.26. The van der Waals surface area contributed by atoms with Crippen molar-refractivity contribution < 1.29 is 19.2 Å². The van der Waals surface area contributed by atoms with Crippen molar-refractivity contribution in [3.05, 3.63) is 33.9 Å². The van der Waals surface area contributed by atoms with E-state index in [9.17, 15) is 19.7 Å². The number of hydrogen-bond donors (Lipinski definition) is 0. The Morgan fingerprint density at radius 1 is 1.47 bits per heavy atom. The Balaban J connectivity index is 2.98. The lowest BCUT2D eigenvalue weighted by Crippen LogP contribution is -2.35. The van der Waals surface area contributed by atoms with E-state index in [4.69, 9.17) is 4.74 Å². The lowest BCUT2D eigenvalue weighted by molar-refractivity contribution is -0.384. The molecule has 19 heavy (non-hydrogen) atoms. The summed E-state index contributed by atoms with van der Waals surface area (Å²) < 4.78 is 5.35. The molecule has 1 aromatic carbocycles. The van der Waals surface area contributed by atoms with E-state index in [0.717, 1.165) is 6.07 Å². The number of aldehydes is 1. The number of carbonyl (C=O) groups excluding carboxylic acids is 2. The minimum absolute atomic E-state index is 0.0348. The van der Waals surface area contributed by atoms with Gasteiger partial charge in [-0.25, -0.2) is 0 Å². The molecule has 0 bridgehead atoms. The quantitative estimate of drug-likeness (QED) is 0.454. The van der Waals surface area contributed by atoms with Gasteiger partial charge in [0.2, 0.25) is 0 Å². The van der Waals surface area contributed by atoms with Gasteiger partial charge in [-0.2, -0.15) is 0 Å². The summed E-state index contributed by atoms with van der Waals surface area (Å²) in [6.07, 6.45) is -0.329. The number of hydrogen-bond acceptors (Lipinski definition) is 5. The fourth-order valence-electron chi connectivity index (χ4n) is 1.45. The Labute approximate surface area is 109 Å². The maximum atomic E-state index is 11.6. The van der Waals surface area contributed by atoms with Crippen LogP contribution in [0.15, 0.2) is 18.2 Å². The highest BCUT2D eigenvalue weighted by Gasteiger charge is 2.19. The monoisotopic (exact) mass is 266 g/mol. The van der Waals surface area contributed by atoms with Crippen LogP contribution < -0.4 is 4.74 Å². The first kappa shape index (κ1) is 14.6. The maximum absolute atomic E-state index is 11.6. The third-order valence-electron chi connectivity index (χ3n) is 2.42. The molecule has 0 aliphatic carbocycles. The molecule has 0 saturated heterocycles. The molecular weight excluding hydrogens is 252 g/mol. The standard InChI is InChI=1S/C12H14N2O5/c1-8(12(16)13(2)3)19-11-5-4-10(14(17)18)6-9(11)7-15/h4-8H,1-3H3/t8-/m1/s1. The maximum Gasteiger partial charge on any atom is 0.270 e. The molecule has 1 aromatic rings. The molecule has 7 heteroatoms. The molecule has 0 aromatic heterocycles. The summed E-state index contributed by atoms with van der Waals surface area (Å²) in [5.41, 5.74) is -0.173. The van der Waals surface area contributed by atoms with Crippen LogP contribution in [0.5, 0.6) is 5.75 Å². The molecule has 7 nitrogen and oxygen atoms in total. The molecule has 0 fully saturated rings. The number of nitrogens with zero attached hydrogens (tertiary/aromatic N) is 2. The average molecular weight is 266 g/mol. The molecule has 0 spiro atoms. The molecule has 0 unspecified atom stereocenters. The number of nitro benzene ring substituents is 1. The van der Waals surface area contributed by atoms with Crippen molar-refractivity contribution >= 4 is 17.9 Å². The molecular formula is C12H14N2O5. The smallest absolute Gasteiger partial charge is 0.270 e. The molecule has 1 rings (SSSR count). The third kappa shape index (κ3) is 3.51. The van der Waals surface area contributed by atoms with Gasteiger partial charge in [-0.05, 0) is 13.0 Å². The van der Waals surface area contributed by atoms with Crippen LogP contribution in [-0.4, -0.2) is 42.2 Å². The van der Waals surface area contributed by atoms with Gasteiger partial charge in [0.25, 0.3) is 11.6 Å². The Kier molecular flexibility index (Phi) is 4.57. The Bertz CT molecular complexity index is 513. The van der Waals surface area contributed by atoms with Gasteiger partial charge in [-0.1, -0.05) is 0 Å². The van der Waals surface area contributed by atoms with Gasteiger partial charge in [0.15, 0.2) is 12.4 Å². The van der Waals surface area contributed by atoms with Crippen LogP contribution in [0.4, 0.5) is 5.69 Å². The minimum atomic E-state index is -0.782. The van der Waals surface area contributed by atoms with Crippen LogP contribution in [0.3, 0.4) is 0 Å². The number of amides is 1. The zero-order valence-electron chi connectivity index (χ0n) is 10.8. The minimum Gasteiger partial charge on any atom is -0.480 e. The number of nitro groups is 1. The topological polar surface area (TPSA) is 89.7 Å². The number of benzene rings is 1. The Hall–Kier alpha value is -2.44. The molecule has 0 N–H and O–H groups in total. The van der Waals surface area contributed by atoms with E-state index in [1.54, 1.807) is 21.0 Å². The van der Waals surface area contributed by atoms with Crippen LogP contribution in [0.2, 0.25) is 0 Å². The summed E-state index contributed by atoms with van der Waals surface area (Å²) in [6.45, 7) is 1.54. The number of likely N-dealkylation sites (N-methyl/N-ethyl adjacent to an activating group) is 1. The summed E-state index contributed by atoms with van der Waals surface area (Å²) in [5, 5.41) is 10.6. The number of ether oxygens (including phenoxy) is 1. The van der Waals surface area contributed by atoms with E-state index in [-0.39, 0.29) is 22.9 Å². The molecule has 1 atom stereocenters. The first-order valence-electron chi connectivity index (χ1n) is 5.48. The summed E-state index contributed by atoms with van der Waals surface area (Å²) in [5.74, 6) is -0.126. The lowest BCUT2D eigenvalue weighted by Gasteiger charge is -2.18. The Morgan fingerprint density at radius 2 is 2.11 bits per heavy atom. The van der Waals surface area contributed by atoms with E-state index < -0.39 is 11.0 Å². The first-order valence-corrected chi connectivity index (χ1v) is 5.48. The van der Waals surface area contributed by atoms with E-state index in [2.05, 4.69) is 0 Å². The second kappa shape index (κ2) is 5.94. The zero-order chi connectivity index (χ0) is 14.6. The number of non-ortho nitro benzene ring substituents is 1. The molecule has 0 aliphatic rings. The fraction of sp³-hybridized carbons (Fsp3) is 0.333. The van der Waals surface area contributed by atoms with Crippen molar-refractivity contribution in [3.63, 3.8) is 0 Å². The van der Waals surface area contributed by atoms with Crippen LogP contribution in [-0.2, 0) is 4.79 Å². The normalized spacial score (nSPS) is 11.5. The SMILES string of the molecule is C[C@@H](Oc1ccc([N+](=O)[O-])cc1C=O)C(=O)N(C)C.